The number of piperidine rings is 1. The first-order valence-corrected chi connectivity index (χ1v) is 10.4. The number of rotatable bonds is 6. The second-order valence-electron chi connectivity index (χ2n) is 6.61. The highest BCUT2D eigenvalue weighted by Gasteiger charge is 2.30. The third-order valence-corrected chi connectivity index (χ3v) is 6.72. The van der Waals surface area contributed by atoms with Crippen molar-refractivity contribution in [2.24, 2.45) is 5.92 Å². The molecule has 1 saturated heterocycles. The molecule has 144 valence electrons. The van der Waals surface area contributed by atoms with Gasteiger partial charge in [-0.3, -0.25) is 4.79 Å². The lowest BCUT2D eigenvalue weighted by molar-refractivity contribution is -0.117. The summed E-state index contributed by atoms with van der Waals surface area (Å²) in [6.07, 6.45) is 1.72. The monoisotopic (exact) mass is 388 g/mol. The summed E-state index contributed by atoms with van der Waals surface area (Å²) >= 11 is 0. The molecule has 0 atom stereocenters. The highest BCUT2D eigenvalue weighted by molar-refractivity contribution is 7.89. The van der Waals surface area contributed by atoms with Crippen LogP contribution in [0.25, 0.3) is 0 Å². The van der Waals surface area contributed by atoms with Crippen molar-refractivity contribution in [3.8, 4) is 5.75 Å². The van der Waals surface area contributed by atoms with Crippen molar-refractivity contribution in [1.29, 1.82) is 0 Å². The largest absolute Gasteiger partial charge is 0.495 e. The summed E-state index contributed by atoms with van der Waals surface area (Å²) in [4.78, 5) is 12.7. The van der Waals surface area contributed by atoms with Gasteiger partial charge in [0.25, 0.3) is 0 Å². The van der Waals surface area contributed by atoms with Crippen LogP contribution in [0.1, 0.15) is 19.3 Å². The fraction of sp³-hybridized carbons (Fsp3) is 0.350. The number of nitrogens with one attached hydrogen (secondary N) is 1. The summed E-state index contributed by atoms with van der Waals surface area (Å²) in [5.41, 5.74) is 0.647. The van der Waals surface area contributed by atoms with Gasteiger partial charge in [0, 0.05) is 19.5 Å². The van der Waals surface area contributed by atoms with Crippen molar-refractivity contribution in [3.63, 3.8) is 0 Å². The van der Waals surface area contributed by atoms with Crippen molar-refractivity contribution in [2.45, 2.75) is 24.2 Å². The highest BCUT2D eigenvalue weighted by atomic mass is 32.2. The van der Waals surface area contributed by atoms with Crippen LogP contribution in [0.4, 0.5) is 5.69 Å². The molecule has 1 aliphatic heterocycles. The molecule has 0 spiro atoms. The van der Waals surface area contributed by atoms with E-state index in [0.29, 0.717) is 48.7 Å². The maximum atomic E-state index is 12.7. The zero-order valence-electron chi connectivity index (χ0n) is 15.3. The van der Waals surface area contributed by atoms with Gasteiger partial charge in [0.1, 0.15) is 5.75 Å². The normalized spacial score (nSPS) is 16.0. The lowest BCUT2D eigenvalue weighted by Crippen LogP contribution is -2.39. The molecule has 6 nitrogen and oxygen atoms in total. The molecule has 0 bridgehead atoms. The first-order valence-electron chi connectivity index (χ1n) is 8.99. The maximum Gasteiger partial charge on any atom is 0.243 e. The van der Waals surface area contributed by atoms with Gasteiger partial charge < -0.3 is 10.1 Å². The summed E-state index contributed by atoms with van der Waals surface area (Å²) in [6, 6.07) is 15.7. The molecule has 0 aliphatic carbocycles. The highest BCUT2D eigenvalue weighted by Crippen LogP contribution is 2.27. The van der Waals surface area contributed by atoms with Crippen LogP contribution in [0.2, 0.25) is 0 Å². The topological polar surface area (TPSA) is 75.7 Å². The van der Waals surface area contributed by atoms with Crippen molar-refractivity contribution in [2.75, 3.05) is 25.5 Å². The predicted octanol–water partition coefficient (Wildman–Crippen LogP) is 3.12. The van der Waals surface area contributed by atoms with Gasteiger partial charge in [-0.15, -0.1) is 0 Å². The Bertz CT molecular complexity index is 876. The first kappa shape index (κ1) is 19.4. The number of hydrogen-bond donors (Lipinski definition) is 1. The third-order valence-electron chi connectivity index (χ3n) is 4.81. The van der Waals surface area contributed by atoms with Crippen LogP contribution in [-0.4, -0.2) is 38.8 Å². The van der Waals surface area contributed by atoms with Crippen LogP contribution in [0, 0.1) is 5.92 Å². The standard InChI is InChI=1S/C20H24N2O4S/c1-26-19-10-6-5-9-18(19)21-20(23)15-16-11-13-22(14-12-16)27(24,25)17-7-3-2-4-8-17/h2-10,16H,11-15H2,1H3,(H,21,23). The number of hydrogen-bond acceptors (Lipinski definition) is 4. The Labute approximate surface area is 160 Å². The number of para-hydroxylation sites is 2. The average molecular weight is 388 g/mol. The third kappa shape index (κ3) is 4.67. The van der Waals surface area contributed by atoms with Gasteiger partial charge in [-0.05, 0) is 43.0 Å². The number of benzene rings is 2. The number of anilines is 1. The first-order chi connectivity index (χ1) is 13.0. The van der Waals surface area contributed by atoms with E-state index < -0.39 is 10.0 Å². The summed E-state index contributed by atoms with van der Waals surface area (Å²) < 4.78 is 32.1. The van der Waals surface area contributed by atoms with Gasteiger partial charge in [-0.25, -0.2) is 8.42 Å². The number of amides is 1. The van der Waals surface area contributed by atoms with E-state index in [1.54, 1.807) is 49.6 Å². The fourth-order valence-corrected chi connectivity index (χ4v) is 4.80. The van der Waals surface area contributed by atoms with Crippen LogP contribution < -0.4 is 10.1 Å². The van der Waals surface area contributed by atoms with Crippen LogP contribution in [0.3, 0.4) is 0 Å². The van der Waals surface area contributed by atoms with E-state index in [4.69, 9.17) is 4.74 Å². The van der Waals surface area contributed by atoms with E-state index in [1.807, 2.05) is 12.1 Å². The Morgan fingerprint density at radius 2 is 1.70 bits per heavy atom. The summed E-state index contributed by atoms with van der Waals surface area (Å²) in [7, 11) is -1.89. The molecule has 7 heteroatoms. The van der Waals surface area contributed by atoms with E-state index >= 15 is 0 Å². The molecule has 1 aliphatic rings. The van der Waals surface area contributed by atoms with E-state index in [0.717, 1.165) is 0 Å². The summed E-state index contributed by atoms with van der Waals surface area (Å²) in [5, 5.41) is 2.88. The summed E-state index contributed by atoms with van der Waals surface area (Å²) in [5.74, 6) is 0.709. The Morgan fingerprint density at radius 1 is 1.07 bits per heavy atom. The smallest absolute Gasteiger partial charge is 0.243 e. The van der Waals surface area contributed by atoms with E-state index in [-0.39, 0.29) is 11.8 Å². The molecule has 3 rings (SSSR count). The zero-order valence-corrected chi connectivity index (χ0v) is 16.1. The van der Waals surface area contributed by atoms with Gasteiger partial charge in [0.15, 0.2) is 0 Å². The van der Waals surface area contributed by atoms with E-state index in [1.165, 1.54) is 4.31 Å². The molecule has 2 aromatic rings. The van der Waals surface area contributed by atoms with Crippen LogP contribution in [0.15, 0.2) is 59.5 Å². The predicted molar refractivity (Wildman–Crippen MR) is 104 cm³/mol. The Kier molecular flexibility index (Phi) is 6.13. The average Bonchev–Trinajstić information content (AvgIpc) is 2.69. The molecule has 0 aromatic heterocycles. The van der Waals surface area contributed by atoms with E-state index in [9.17, 15) is 13.2 Å². The van der Waals surface area contributed by atoms with Crippen LogP contribution in [0.5, 0.6) is 5.75 Å². The Balaban J connectivity index is 1.54. The molecule has 0 unspecified atom stereocenters. The lowest BCUT2D eigenvalue weighted by Gasteiger charge is -2.31. The number of sulfonamides is 1. The van der Waals surface area contributed by atoms with Crippen molar-refractivity contribution < 1.29 is 17.9 Å². The van der Waals surface area contributed by atoms with Crippen molar-refractivity contribution >= 4 is 21.6 Å². The lowest BCUT2D eigenvalue weighted by atomic mass is 9.94. The Morgan fingerprint density at radius 3 is 2.37 bits per heavy atom. The zero-order chi connectivity index (χ0) is 19.3. The van der Waals surface area contributed by atoms with Crippen LogP contribution in [-0.2, 0) is 14.8 Å². The van der Waals surface area contributed by atoms with Gasteiger partial charge in [-0.2, -0.15) is 4.31 Å². The SMILES string of the molecule is COc1ccccc1NC(=O)CC1CCN(S(=O)(=O)c2ccccc2)CC1. The molecular weight excluding hydrogens is 364 g/mol. The molecule has 2 aromatic carbocycles. The number of ether oxygens (including phenoxy) is 1. The van der Waals surface area contributed by atoms with Gasteiger partial charge in [0.05, 0.1) is 17.7 Å². The van der Waals surface area contributed by atoms with Crippen LogP contribution >= 0.6 is 0 Å². The van der Waals surface area contributed by atoms with E-state index in [2.05, 4.69) is 5.32 Å². The number of methoxy groups -OCH3 is 1. The molecular formula is C20H24N2O4S. The van der Waals surface area contributed by atoms with Gasteiger partial charge in [-0.1, -0.05) is 30.3 Å². The Hall–Kier alpha value is -2.38. The van der Waals surface area contributed by atoms with Gasteiger partial charge >= 0.3 is 0 Å². The molecule has 1 fully saturated rings. The second-order valence-corrected chi connectivity index (χ2v) is 8.55. The minimum Gasteiger partial charge on any atom is -0.495 e. The molecule has 0 radical (unpaired) electrons. The second kappa shape index (κ2) is 8.54. The fourth-order valence-electron chi connectivity index (χ4n) is 3.31. The quantitative estimate of drug-likeness (QED) is 0.825. The molecule has 27 heavy (non-hydrogen) atoms. The number of nitrogens with zero attached hydrogens (tertiary/aromatic N) is 1. The molecule has 1 N–H and O–H groups in total. The number of carbonyl (C=O) groups is 1. The minimum atomic E-state index is -3.46. The van der Waals surface area contributed by atoms with Gasteiger partial charge in [0.2, 0.25) is 15.9 Å². The summed E-state index contributed by atoms with van der Waals surface area (Å²) in [6.45, 7) is 0.869. The number of carbonyl (C=O) groups excluding carboxylic acids is 1. The van der Waals surface area contributed by atoms with Crippen molar-refractivity contribution in [1.82, 2.24) is 4.31 Å². The molecule has 0 saturated carbocycles. The van der Waals surface area contributed by atoms with Crippen molar-refractivity contribution in [3.05, 3.63) is 54.6 Å². The molecule has 1 amide bonds. The maximum absolute atomic E-state index is 12.7. The minimum absolute atomic E-state index is 0.0798. The molecule has 1 heterocycles.